The van der Waals surface area contributed by atoms with Crippen molar-refractivity contribution < 1.29 is 14.3 Å². The molecule has 1 aromatic rings. The first kappa shape index (κ1) is 25.7. The zero-order valence-electron chi connectivity index (χ0n) is 20.2. The third-order valence-corrected chi connectivity index (χ3v) is 5.86. The lowest BCUT2D eigenvalue weighted by molar-refractivity contribution is -0.151. The van der Waals surface area contributed by atoms with Crippen LogP contribution in [0.1, 0.15) is 77.3 Å². The van der Waals surface area contributed by atoms with Gasteiger partial charge in [-0.3, -0.25) is 14.6 Å². The van der Waals surface area contributed by atoms with E-state index >= 15 is 0 Å². The SMILES string of the molecule is C/C=C(\C=C(\C)C=O)C(C)=Nc1cc(CNC(CCC)C(=O)OC2CCCC2)ccc1C. The highest BCUT2D eigenvalue weighted by Crippen LogP contribution is 2.23. The van der Waals surface area contributed by atoms with E-state index in [9.17, 15) is 9.59 Å². The molecule has 1 fully saturated rings. The summed E-state index contributed by atoms with van der Waals surface area (Å²) in [5.74, 6) is -0.130. The molecule has 0 heterocycles. The molecule has 2 rings (SSSR count). The Bertz CT molecular complexity index is 877. The van der Waals surface area contributed by atoms with Crippen molar-refractivity contribution in [3.05, 3.63) is 52.6 Å². The fourth-order valence-corrected chi connectivity index (χ4v) is 3.89. The molecule has 1 saturated carbocycles. The van der Waals surface area contributed by atoms with Gasteiger partial charge in [-0.1, -0.05) is 31.6 Å². The van der Waals surface area contributed by atoms with E-state index in [1.165, 1.54) is 0 Å². The molecule has 5 nitrogen and oxygen atoms in total. The molecule has 0 amide bonds. The van der Waals surface area contributed by atoms with Gasteiger partial charge >= 0.3 is 5.97 Å². The lowest BCUT2D eigenvalue weighted by Gasteiger charge is -2.20. The van der Waals surface area contributed by atoms with Crippen molar-refractivity contribution in [2.75, 3.05) is 0 Å². The Morgan fingerprint density at radius 2 is 2.00 bits per heavy atom. The van der Waals surface area contributed by atoms with E-state index in [1.807, 2.05) is 32.9 Å². The number of nitrogens with one attached hydrogen (secondary N) is 1. The van der Waals surface area contributed by atoms with Crippen molar-refractivity contribution in [3.8, 4) is 0 Å². The van der Waals surface area contributed by atoms with Crippen LogP contribution in [-0.4, -0.2) is 30.1 Å². The van der Waals surface area contributed by atoms with Gasteiger partial charge in [0.2, 0.25) is 0 Å². The molecular formula is C27H38N2O3. The van der Waals surface area contributed by atoms with E-state index in [1.54, 1.807) is 6.92 Å². The monoisotopic (exact) mass is 438 g/mol. The van der Waals surface area contributed by atoms with Crippen molar-refractivity contribution in [1.82, 2.24) is 5.32 Å². The number of nitrogens with zero attached hydrogens (tertiary/aromatic N) is 1. The Labute approximate surface area is 193 Å². The average molecular weight is 439 g/mol. The van der Waals surface area contributed by atoms with Gasteiger partial charge in [0.15, 0.2) is 0 Å². The summed E-state index contributed by atoms with van der Waals surface area (Å²) in [5, 5.41) is 3.40. The van der Waals surface area contributed by atoms with Crippen molar-refractivity contribution in [2.24, 2.45) is 4.99 Å². The number of hydrogen-bond donors (Lipinski definition) is 1. The number of benzene rings is 1. The number of aliphatic imine (C=N–C) groups is 1. The summed E-state index contributed by atoms with van der Waals surface area (Å²) >= 11 is 0. The van der Waals surface area contributed by atoms with Crippen LogP contribution in [-0.2, 0) is 20.9 Å². The molecule has 174 valence electrons. The minimum absolute atomic E-state index is 0.0877. The van der Waals surface area contributed by atoms with Crippen LogP contribution >= 0.6 is 0 Å². The van der Waals surface area contributed by atoms with E-state index in [4.69, 9.17) is 9.73 Å². The van der Waals surface area contributed by atoms with Crippen molar-refractivity contribution >= 4 is 23.7 Å². The molecule has 1 aromatic carbocycles. The predicted octanol–water partition coefficient (Wildman–Crippen LogP) is 5.92. The summed E-state index contributed by atoms with van der Waals surface area (Å²) in [6, 6.07) is 5.88. The van der Waals surface area contributed by atoms with Gasteiger partial charge in [-0.25, -0.2) is 0 Å². The van der Waals surface area contributed by atoms with Crippen LogP contribution in [0.15, 0.2) is 46.5 Å². The van der Waals surface area contributed by atoms with Crippen molar-refractivity contribution in [1.29, 1.82) is 0 Å². The number of hydrogen-bond acceptors (Lipinski definition) is 5. The molecule has 0 aliphatic heterocycles. The number of carbonyl (C=O) groups is 2. The molecule has 5 heteroatoms. The molecule has 0 bridgehead atoms. The van der Waals surface area contributed by atoms with E-state index in [2.05, 4.69) is 30.4 Å². The van der Waals surface area contributed by atoms with E-state index in [-0.39, 0.29) is 18.1 Å². The Balaban J connectivity index is 2.11. The highest BCUT2D eigenvalue weighted by molar-refractivity contribution is 6.03. The number of esters is 1. The van der Waals surface area contributed by atoms with Crippen molar-refractivity contribution in [2.45, 2.75) is 91.8 Å². The second kappa shape index (κ2) is 13.1. The highest BCUT2D eigenvalue weighted by atomic mass is 16.5. The summed E-state index contributed by atoms with van der Waals surface area (Å²) in [5.41, 5.74) is 5.47. The van der Waals surface area contributed by atoms with Crippen LogP contribution in [0.2, 0.25) is 0 Å². The molecule has 1 aliphatic carbocycles. The van der Waals surface area contributed by atoms with E-state index < -0.39 is 0 Å². The number of ether oxygens (including phenoxy) is 1. The Hall–Kier alpha value is -2.53. The molecule has 1 aliphatic rings. The van der Waals surface area contributed by atoms with Crippen LogP contribution in [0.5, 0.6) is 0 Å². The fourth-order valence-electron chi connectivity index (χ4n) is 3.89. The summed E-state index contributed by atoms with van der Waals surface area (Å²) < 4.78 is 5.73. The summed E-state index contributed by atoms with van der Waals surface area (Å²) in [4.78, 5) is 28.4. The molecule has 0 aromatic heterocycles. The molecule has 32 heavy (non-hydrogen) atoms. The third-order valence-electron chi connectivity index (χ3n) is 5.86. The largest absolute Gasteiger partial charge is 0.461 e. The van der Waals surface area contributed by atoms with Gasteiger partial charge in [0.25, 0.3) is 0 Å². The first-order chi connectivity index (χ1) is 15.4. The minimum atomic E-state index is -0.290. The third kappa shape index (κ3) is 7.86. The Morgan fingerprint density at radius 3 is 2.62 bits per heavy atom. The molecule has 0 saturated heterocycles. The summed E-state index contributed by atoms with van der Waals surface area (Å²) in [6.45, 7) is 10.4. The van der Waals surface area contributed by atoms with E-state index in [0.717, 1.165) is 72.9 Å². The minimum Gasteiger partial charge on any atom is -0.461 e. The van der Waals surface area contributed by atoms with Gasteiger partial charge < -0.3 is 10.1 Å². The Morgan fingerprint density at radius 1 is 1.28 bits per heavy atom. The van der Waals surface area contributed by atoms with Gasteiger partial charge in [0.1, 0.15) is 18.4 Å². The normalized spacial score (nSPS) is 16.8. The maximum absolute atomic E-state index is 12.7. The van der Waals surface area contributed by atoms with E-state index in [0.29, 0.717) is 12.1 Å². The quantitative estimate of drug-likeness (QED) is 0.153. The second-order valence-corrected chi connectivity index (χ2v) is 8.63. The van der Waals surface area contributed by atoms with Gasteiger partial charge in [-0.05, 0) is 94.2 Å². The highest BCUT2D eigenvalue weighted by Gasteiger charge is 2.24. The fraction of sp³-hybridized carbons (Fsp3) is 0.519. The molecule has 0 radical (unpaired) electrons. The van der Waals surface area contributed by atoms with Crippen LogP contribution in [0.3, 0.4) is 0 Å². The molecule has 0 spiro atoms. The average Bonchev–Trinajstić information content (AvgIpc) is 3.29. The molecular weight excluding hydrogens is 400 g/mol. The predicted molar refractivity (Wildman–Crippen MR) is 131 cm³/mol. The number of aldehydes is 1. The second-order valence-electron chi connectivity index (χ2n) is 8.63. The number of allylic oxidation sites excluding steroid dienone is 4. The van der Waals surface area contributed by atoms with Gasteiger partial charge in [-0.2, -0.15) is 0 Å². The smallest absolute Gasteiger partial charge is 0.323 e. The van der Waals surface area contributed by atoms with Crippen LogP contribution in [0.25, 0.3) is 0 Å². The van der Waals surface area contributed by atoms with Crippen LogP contribution in [0, 0.1) is 6.92 Å². The number of aryl methyl sites for hydroxylation is 1. The van der Waals surface area contributed by atoms with Crippen molar-refractivity contribution in [3.63, 3.8) is 0 Å². The number of carbonyl (C=O) groups excluding carboxylic acids is 2. The van der Waals surface area contributed by atoms with Crippen LogP contribution < -0.4 is 5.32 Å². The van der Waals surface area contributed by atoms with Gasteiger partial charge in [0.05, 0.1) is 5.69 Å². The molecule has 1 unspecified atom stereocenters. The van der Waals surface area contributed by atoms with Gasteiger partial charge in [0, 0.05) is 12.3 Å². The first-order valence-corrected chi connectivity index (χ1v) is 11.8. The maximum atomic E-state index is 12.7. The first-order valence-electron chi connectivity index (χ1n) is 11.8. The zero-order valence-corrected chi connectivity index (χ0v) is 20.2. The summed E-state index contributed by atoms with van der Waals surface area (Å²) in [7, 11) is 0. The number of rotatable bonds is 11. The van der Waals surface area contributed by atoms with Gasteiger partial charge in [-0.15, -0.1) is 0 Å². The zero-order chi connectivity index (χ0) is 23.5. The molecule has 1 atom stereocenters. The topological polar surface area (TPSA) is 67.8 Å². The lowest BCUT2D eigenvalue weighted by atomic mass is 10.1. The standard InChI is InChI=1S/C27H38N2O3/c1-6-10-25(27(31)32-24-11-8-9-12-24)28-17-22-14-13-20(4)26(16-22)29-21(5)23(7-2)15-19(3)18-30/h7,13-16,18,24-25,28H,6,8-12,17H2,1-5H3/b19-15-,23-7+,29-21?. The molecule has 1 N–H and O–H groups in total. The maximum Gasteiger partial charge on any atom is 0.323 e. The van der Waals surface area contributed by atoms with Crippen LogP contribution in [0.4, 0.5) is 5.69 Å². The Kier molecular flexibility index (Phi) is 10.5. The lowest BCUT2D eigenvalue weighted by Crippen LogP contribution is -2.39. The summed E-state index contributed by atoms with van der Waals surface area (Å²) in [6.07, 6.45) is 10.7.